The Labute approximate surface area is 63.2 Å². The third-order valence-corrected chi connectivity index (χ3v) is 1.09. The number of carbonyl (C=O) groups excluding carboxylic acids is 1. The standard InChI is InChI=1S/C6H7N3O2/c1-11-6-4(5(7)10)8-2-3-9-6/h2-3H,1H3,(H2,7,10). The normalized spacial score (nSPS) is 9.18. The molecule has 0 fully saturated rings. The molecule has 0 atom stereocenters. The quantitative estimate of drug-likeness (QED) is 0.626. The predicted octanol–water partition coefficient (Wildman–Crippen LogP) is -0.416. The van der Waals surface area contributed by atoms with Crippen molar-refractivity contribution in [1.82, 2.24) is 9.97 Å². The van der Waals surface area contributed by atoms with E-state index >= 15 is 0 Å². The molecule has 5 nitrogen and oxygen atoms in total. The minimum atomic E-state index is -0.644. The number of aromatic nitrogens is 2. The maximum absolute atomic E-state index is 10.6. The van der Waals surface area contributed by atoms with E-state index in [4.69, 9.17) is 10.5 Å². The van der Waals surface area contributed by atoms with Crippen molar-refractivity contribution >= 4 is 5.91 Å². The maximum atomic E-state index is 10.6. The molecule has 0 aliphatic rings. The Bertz CT molecular complexity index is 274. The molecule has 2 N–H and O–H groups in total. The van der Waals surface area contributed by atoms with E-state index in [0.717, 1.165) is 0 Å². The molecular formula is C6H7N3O2. The largest absolute Gasteiger partial charge is 0.479 e. The van der Waals surface area contributed by atoms with Gasteiger partial charge in [0.25, 0.3) is 5.91 Å². The van der Waals surface area contributed by atoms with E-state index in [1.165, 1.54) is 19.5 Å². The van der Waals surface area contributed by atoms with Gasteiger partial charge in [0.05, 0.1) is 7.11 Å². The molecule has 0 unspecified atom stereocenters. The fraction of sp³-hybridized carbons (Fsp3) is 0.167. The van der Waals surface area contributed by atoms with Gasteiger partial charge in [-0.2, -0.15) is 0 Å². The monoisotopic (exact) mass is 153 g/mol. The van der Waals surface area contributed by atoms with Gasteiger partial charge < -0.3 is 10.5 Å². The Kier molecular flexibility index (Phi) is 2.00. The molecule has 0 aromatic carbocycles. The summed E-state index contributed by atoms with van der Waals surface area (Å²) in [5.41, 5.74) is 5.02. The summed E-state index contributed by atoms with van der Waals surface area (Å²) in [5.74, 6) is -0.491. The third kappa shape index (κ3) is 1.43. The van der Waals surface area contributed by atoms with Crippen LogP contribution >= 0.6 is 0 Å². The number of carbonyl (C=O) groups is 1. The number of nitrogens with two attached hydrogens (primary N) is 1. The highest BCUT2D eigenvalue weighted by molar-refractivity contribution is 5.92. The van der Waals surface area contributed by atoms with Crippen LogP contribution in [-0.2, 0) is 0 Å². The molecule has 5 heteroatoms. The van der Waals surface area contributed by atoms with Crippen LogP contribution in [0.2, 0.25) is 0 Å². The van der Waals surface area contributed by atoms with Crippen LogP contribution in [0.25, 0.3) is 0 Å². The van der Waals surface area contributed by atoms with Gasteiger partial charge in [0.1, 0.15) is 0 Å². The number of nitrogens with zero attached hydrogens (tertiary/aromatic N) is 2. The number of ether oxygens (including phenoxy) is 1. The predicted molar refractivity (Wildman–Crippen MR) is 37.1 cm³/mol. The molecule has 0 saturated heterocycles. The second-order valence-corrected chi connectivity index (χ2v) is 1.78. The molecule has 0 aliphatic heterocycles. The van der Waals surface area contributed by atoms with Gasteiger partial charge in [-0.1, -0.05) is 0 Å². The first-order valence-electron chi connectivity index (χ1n) is 2.90. The lowest BCUT2D eigenvalue weighted by atomic mass is 10.4. The number of hydrogen-bond donors (Lipinski definition) is 1. The Morgan fingerprint density at radius 3 is 2.64 bits per heavy atom. The molecule has 11 heavy (non-hydrogen) atoms. The molecule has 1 aromatic heterocycles. The van der Waals surface area contributed by atoms with E-state index in [-0.39, 0.29) is 11.6 Å². The van der Waals surface area contributed by atoms with E-state index in [9.17, 15) is 4.79 Å². The highest BCUT2D eigenvalue weighted by Crippen LogP contribution is 2.08. The van der Waals surface area contributed by atoms with Gasteiger partial charge in [0.2, 0.25) is 5.88 Å². The van der Waals surface area contributed by atoms with Gasteiger partial charge in [-0.3, -0.25) is 4.79 Å². The molecule has 58 valence electrons. The first-order chi connectivity index (χ1) is 5.25. The lowest BCUT2D eigenvalue weighted by Gasteiger charge is -2.00. The van der Waals surface area contributed by atoms with E-state index < -0.39 is 5.91 Å². The van der Waals surface area contributed by atoms with E-state index in [0.29, 0.717) is 0 Å². The summed E-state index contributed by atoms with van der Waals surface area (Å²) in [6, 6.07) is 0. The zero-order chi connectivity index (χ0) is 8.27. The van der Waals surface area contributed by atoms with Crippen LogP contribution in [0.3, 0.4) is 0 Å². The van der Waals surface area contributed by atoms with Crippen molar-refractivity contribution in [3.05, 3.63) is 18.1 Å². The van der Waals surface area contributed by atoms with Crippen molar-refractivity contribution in [3.8, 4) is 5.88 Å². The van der Waals surface area contributed by atoms with Crippen LogP contribution in [-0.4, -0.2) is 23.0 Å². The molecule has 1 amide bonds. The van der Waals surface area contributed by atoms with Crippen molar-refractivity contribution in [2.75, 3.05) is 7.11 Å². The minimum absolute atomic E-state index is 0.0509. The van der Waals surface area contributed by atoms with Crippen molar-refractivity contribution in [1.29, 1.82) is 0 Å². The van der Waals surface area contributed by atoms with E-state index in [2.05, 4.69) is 9.97 Å². The summed E-state index contributed by atoms with van der Waals surface area (Å²) in [4.78, 5) is 18.0. The molecule has 1 heterocycles. The number of amides is 1. The van der Waals surface area contributed by atoms with Crippen LogP contribution in [0.1, 0.15) is 10.5 Å². The van der Waals surface area contributed by atoms with Gasteiger partial charge in [-0.15, -0.1) is 0 Å². The van der Waals surface area contributed by atoms with Crippen molar-refractivity contribution < 1.29 is 9.53 Å². The Hall–Kier alpha value is -1.65. The zero-order valence-electron chi connectivity index (χ0n) is 5.94. The molecule has 0 spiro atoms. The molecule has 0 bridgehead atoms. The maximum Gasteiger partial charge on any atom is 0.272 e. The SMILES string of the molecule is COc1nccnc1C(N)=O. The van der Waals surface area contributed by atoms with Gasteiger partial charge in [0, 0.05) is 12.4 Å². The number of methoxy groups -OCH3 is 1. The highest BCUT2D eigenvalue weighted by atomic mass is 16.5. The Morgan fingerprint density at radius 1 is 1.55 bits per heavy atom. The van der Waals surface area contributed by atoms with Crippen LogP contribution < -0.4 is 10.5 Å². The smallest absolute Gasteiger partial charge is 0.272 e. The second kappa shape index (κ2) is 2.96. The fourth-order valence-electron chi connectivity index (χ4n) is 0.644. The summed E-state index contributed by atoms with van der Waals surface area (Å²) < 4.78 is 4.73. The lowest BCUT2D eigenvalue weighted by Crippen LogP contribution is -2.14. The molecule has 1 rings (SSSR count). The summed E-state index contributed by atoms with van der Waals surface area (Å²) in [6.45, 7) is 0. The molecule has 0 aliphatic carbocycles. The Balaban J connectivity index is 3.12. The molecule has 1 aromatic rings. The highest BCUT2D eigenvalue weighted by Gasteiger charge is 2.09. The molecular weight excluding hydrogens is 146 g/mol. The zero-order valence-corrected chi connectivity index (χ0v) is 5.94. The molecule has 0 saturated carbocycles. The van der Waals surface area contributed by atoms with Crippen LogP contribution in [0.5, 0.6) is 5.88 Å². The van der Waals surface area contributed by atoms with Crippen molar-refractivity contribution in [2.45, 2.75) is 0 Å². The van der Waals surface area contributed by atoms with Crippen molar-refractivity contribution in [3.63, 3.8) is 0 Å². The lowest BCUT2D eigenvalue weighted by molar-refractivity contribution is 0.0991. The summed E-state index contributed by atoms with van der Waals surface area (Å²) in [7, 11) is 1.40. The van der Waals surface area contributed by atoms with Gasteiger partial charge in [-0.05, 0) is 0 Å². The average Bonchev–Trinajstić information content (AvgIpc) is 2.04. The third-order valence-electron chi connectivity index (χ3n) is 1.09. The topological polar surface area (TPSA) is 78.1 Å². The average molecular weight is 153 g/mol. The van der Waals surface area contributed by atoms with Crippen LogP contribution in [0.15, 0.2) is 12.4 Å². The number of hydrogen-bond acceptors (Lipinski definition) is 4. The van der Waals surface area contributed by atoms with Crippen LogP contribution in [0.4, 0.5) is 0 Å². The summed E-state index contributed by atoms with van der Waals surface area (Å²) >= 11 is 0. The van der Waals surface area contributed by atoms with E-state index in [1.54, 1.807) is 0 Å². The molecule has 0 radical (unpaired) electrons. The van der Waals surface area contributed by atoms with Gasteiger partial charge in [-0.25, -0.2) is 9.97 Å². The second-order valence-electron chi connectivity index (χ2n) is 1.78. The number of primary amides is 1. The summed E-state index contributed by atoms with van der Waals surface area (Å²) in [5, 5.41) is 0. The minimum Gasteiger partial charge on any atom is -0.479 e. The Morgan fingerprint density at radius 2 is 2.18 bits per heavy atom. The number of rotatable bonds is 2. The fourth-order valence-corrected chi connectivity index (χ4v) is 0.644. The van der Waals surface area contributed by atoms with Crippen molar-refractivity contribution in [2.24, 2.45) is 5.73 Å². The first-order valence-corrected chi connectivity index (χ1v) is 2.90. The van der Waals surface area contributed by atoms with Gasteiger partial charge >= 0.3 is 0 Å². The first kappa shape index (κ1) is 7.46. The van der Waals surface area contributed by atoms with Crippen LogP contribution in [0, 0.1) is 0 Å². The van der Waals surface area contributed by atoms with Gasteiger partial charge in [0.15, 0.2) is 5.69 Å². The summed E-state index contributed by atoms with van der Waals surface area (Å²) in [6.07, 6.45) is 2.80. The van der Waals surface area contributed by atoms with E-state index in [1.807, 2.05) is 0 Å².